The van der Waals surface area contributed by atoms with Crippen molar-refractivity contribution >= 4 is 12.2 Å². The zero-order chi connectivity index (χ0) is 12.7. The summed E-state index contributed by atoms with van der Waals surface area (Å²) in [5.41, 5.74) is 0.962. The molecule has 0 fully saturated rings. The van der Waals surface area contributed by atoms with Gasteiger partial charge in [0.15, 0.2) is 0 Å². The Labute approximate surface area is 98.9 Å². The predicted octanol–water partition coefficient (Wildman–Crippen LogP) is 1.27. The van der Waals surface area contributed by atoms with Crippen molar-refractivity contribution < 1.29 is 19.5 Å². The highest BCUT2D eigenvalue weighted by atomic mass is 16.5. The Kier molecular flexibility index (Phi) is 4.93. The fraction of sp³-hybridized carbons (Fsp3) is 0.364. The Balaban J connectivity index is 3.06. The molecule has 0 radical (unpaired) electrons. The topological polar surface area (TPSA) is 81.0 Å². The van der Waals surface area contributed by atoms with Crippen molar-refractivity contribution in [3.63, 3.8) is 0 Å². The SMILES string of the molecule is CCOc1cc(CC=NO)c(C(=O)OC)cn1. The maximum Gasteiger partial charge on any atom is 0.339 e. The van der Waals surface area contributed by atoms with Gasteiger partial charge in [0.2, 0.25) is 5.88 Å². The molecule has 0 atom stereocenters. The first-order chi connectivity index (χ1) is 8.22. The first-order valence-corrected chi connectivity index (χ1v) is 5.08. The van der Waals surface area contributed by atoms with Gasteiger partial charge in [-0.25, -0.2) is 9.78 Å². The summed E-state index contributed by atoms with van der Waals surface area (Å²) in [6.07, 6.45) is 2.96. The number of esters is 1. The van der Waals surface area contributed by atoms with E-state index in [9.17, 15) is 4.79 Å². The molecule has 0 aromatic carbocycles. The summed E-state index contributed by atoms with van der Waals surface area (Å²) < 4.78 is 9.85. The van der Waals surface area contributed by atoms with Crippen molar-refractivity contribution in [1.29, 1.82) is 0 Å². The maximum atomic E-state index is 11.5. The van der Waals surface area contributed by atoms with E-state index in [1.165, 1.54) is 19.5 Å². The van der Waals surface area contributed by atoms with Crippen LogP contribution in [0.25, 0.3) is 0 Å². The molecule has 0 unspecified atom stereocenters. The summed E-state index contributed by atoms with van der Waals surface area (Å²) >= 11 is 0. The van der Waals surface area contributed by atoms with Crippen LogP contribution in [0.4, 0.5) is 0 Å². The van der Waals surface area contributed by atoms with Gasteiger partial charge in [-0.2, -0.15) is 0 Å². The second kappa shape index (κ2) is 6.47. The Morgan fingerprint density at radius 2 is 2.41 bits per heavy atom. The molecule has 0 saturated heterocycles. The third kappa shape index (κ3) is 3.44. The number of carbonyl (C=O) groups is 1. The number of oxime groups is 1. The Morgan fingerprint density at radius 1 is 1.65 bits per heavy atom. The number of hydrogen-bond donors (Lipinski definition) is 1. The van der Waals surface area contributed by atoms with E-state index < -0.39 is 5.97 Å². The molecule has 0 spiro atoms. The van der Waals surface area contributed by atoms with Gasteiger partial charge in [-0.05, 0) is 12.5 Å². The normalized spacial score (nSPS) is 10.5. The van der Waals surface area contributed by atoms with Crippen LogP contribution in [0.3, 0.4) is 0 Å². The highest BCUT2D eigenvalue weighted by Gasteiger charge is 2.13. The Hall–Kier alpha value is -2.11. The van der Waals surface area contributed by atoms with Gasteiger partial charge in [-0.3, -0.25) is 0 Å². The molecule has 1 rings (SSSR count). The van der Waals surface area contributed by atoms with Crippen molar-refractivity contribution in [3.8, 4) is 5.88 Å². The molecule has 0 aliphatic rings. The summed E-state index contributed by atoms with van der Waals surface area (Å²) in [5.74, 6) is -0.0663. The van der Waals surface area contributed by atoms with Crippen LogP contribution in [0.2, 0.25) is 0 Å². The first kappa shape index (κ1) is 13.0. The average molecular weight is 238 g/mol. The number of carbonyl (C=O) groups excluding carboxylic acids is 1. The van der Waals surface area contributed by atoms with Crippen molar-refractivity contribution in [2.75, 3.05) is 13.7 Å². The van der Waals surface area contributed by atoms with Crippen molar-refractivity contribution in [2.24, 2.45) is 5.16 Å². The molecular weight excluding hydrogens is 224 g/mol. The standard InChI is InChI=1S/C11H14N2O4/c1-3-17-10-6-8(4-5-13-15)9(7-12-10)11(14)16-2/h5-7,15H,3-4H2,1-2H3. The molecule has 1 heterocycles. The second-order valence-electron chi connectivity index (χ2n) is 3.11. The minimum atomic E-state index is -0.484. The van der Waals surface area contributed by atoms with E-state index in [1.807, 2.05) is 6.92 Å². The highest BCUT2D eigenvalue weighted by Crippen LogP contribution is 2.16. The first-order valence-electron chi connectivity index (χ1n) is 5.08. The summed E-state index contributed by atoms with van der Waals surface area (Å²) in [6, 6.07) is 1.62. The number of aromatic nitrogens is 1. The van der Waals surface area contributed by atoms with E-state index in [-0.39, 0.29) is 0 Å². The van der Waals surface area contributed by atoms with Gasteiger partial charge in [0.05, 0.1) is 19.3 Å². The number of rotatable bonds is 5. The largest absolute Gasteiger partial charge is 0.478 e. The van der Waals surface area contributed by atoms with Crippen LogP contribution in [0, 0.1) is 0 Å². The molecule has 1 aromatic heterocycles. The molecule has 92 valence electrons. The zero-order valence-electron chi connectivity index (χ0n) is 9.71. The zero-order valence-corrected chi connectivity index (χ0v) is 9.71. The average Bonchev–Trinajstić information content (AvgIpc) is 2.36. The fourth-order valence-corrected chi connectivity index (χ4v) is 1.30. The lowest BCUT2D eigenvalue weighted by Gasteiger charge is -2.08. The molecule has 0 saturated carbocycles. The molecule has 0 bridgehead atoms. The van der Waals surface area contributed by atoms with Crippen LogP contribution in [0.5, 0.6) is 5.88 Å². The van der Waals surface area contributed by atoms with Crippen molar-refractivity contribution in [1.82, 2.24) is 4.98 Å². The molecule has 1 N–H and O–H groups in total. The highest BCUT2D eigenvalue weighted by molar-refractivity contribution is 5.91. The summed E-state index contributed by atoms with van der Waals surface area (Å²) in [7, 11) is 1.29. The van der Waals surface area contributed by atoms with E-state index in [2.05, 4.69) is 14.9 Å². The molecule has 0 aliphatic carbocycles. The number of pyridine rings is 1. The Morgan fingerprint density at radius 3 is 3.00 bits per heavy atom. The third-order valence-electron chi connectivity index (χ3n) is 2.05. The lowest BCUT2D eigenvalue weighted by molar-refractivity contribution is 0.0599. The number of ether oxygens (including phenoxy) is 2. The van der Waals surface area contributed by atoms with Gasteiger partial charge >= 0.3 is 5.97 Å². The van der Waals surface area contributed by atoms with Gasteiger partial charge in [-0.15, -0.1) is 5.16 Å². The Bertz CT molecular complexity index is 418. The summed E-state index contributed by atoms with van der Waals surface area (Å²) in [5, 5.41) is 11.3. The maximum absolute atomic E-state index is 11.5. The lowest BCUT2D eigenvalue weighted by Crippen LogP contribution is -2.08. The van der Waals surface area contributed by atoms with Crippen molar-refractivity contribution in [3.05, 3.63) is 23.4 Å². The number of methoxy groups -OCH3 is 1. The van der Waals surface area contributed by atoms with Crippen LogP contribution >= 0.6 is 0 Å². The quantitative estimate of drug-likeness (QED) is 0.361. The predicted molar refractivity (Wildman–Crippen MR) is 60.7 cm³/mol. The third-order valence-corrected chi connectivity index (χ3v) is 2.05. The minimum Gasteiger partial charge on any atom is -0.478 e. The fourth-order valence-electron chi connectivity index (χ4n) is 1.30. The lowest BCUT2D eigenvalue weighted by atomic mass is 10.1. The van der Waals surface area contributed by atoms with Gasteiger partial charge in [-0.1, -0.05) is 0 Å². The summed E-state index contributed by atoms with van der Waals surface area (Å²) in [6.45, 7) is 2.32. The molecule has 0 aliphatic heterocycles. The van der Waals surface area contributed by atoms with Gasteiger partial charge in [0.1, 0.15) is 0 Å². The molecule has 17 heavy (non-hydrogen) atoms. The summed E-state index contributed by atoms with van der Waals surface area (Å²) in [4.78, 5) is 15.4. The van der Waals surface area contributed by atoms with Crippen molar-refractivity contribution in [2.45, 2.75) is 13.3 Å². The number of nitrogens with zero attached hydrogens (tertiary/aromatic N) is 2. The minimum absolute atomic E-state index is 0.295. The molecule has 1 aromatic rings. The van der Waals surface area contributed by atoms with Gasteiger partial charge < -0.3 is 14.7 Å². The van der Waals surface area contributed by atoms with E-state index >= 15 is 0 Å². The van der Waals surface area contributed by atoms with E-state index in [0.717, 1.165) is 0 Å². The van der Waals surface area contributed by atoms with E-state index in [0.29, 0.717) is 30.0 Å². The van der Waals surface area contributed by atoms with Gasteiger partial charge in [0, 0.05) is 24.9 Å². The molecular formula is C11H14N2O4. The van der Waals surface area contributed by atoms with Crippen LogP contribution < -0.4 is 4.74 Å². The van der Waals surface area contributed by atoms with Crippen LogP contribution in [-0.2, 0) is 11.2 Å². The molecule has 0 amide bonds. The second-order valence-corrected chi connectivity index (χ2v) is 3.11. The molecule has 6 nitrogen and oxygen atoms in total. The van der Waals surface area contributed by atoms with E-state index in [4.69, 9.17) is 9.94 Å². The van der Waals surface area contributed by atoms with Crippen LogP contribution in [-0.4, -0.2) is 36.1 Å². The van der Waals surface area contributed by atoms with E-state index in [1.54, 1.807) is 6.07 Å². The molecule has 6 heteroatoms. The van der Waals surface area contributed by atoms with Crippen LogP contribution in [0.1, 0.15) is 22.8 Å². The van der Waals surface area contributed by atoms with Crippen LogP contribution in [0.15, 0.2) is 17.4 Å². The number of hydrogen-bond acceptors (Lipinski definition) is 6. The smallest absolute Gasteiger partial charge is 0.339 e. The van der Waals surface area contributed by atoms with Gasteiger partial charge in [0.25, 0.3) is 0 Å². The monoisotopic (exact) mass is 238 g/mol.